The first kappa shape index (κ1) is 17.5. The average Bonchev–Trinajstić information content (AvgIpc) is 3.19. The van der Waals surface area contributed by atoms with Crippen molar-refractivity contribution in [3.63, 3.8) is 0 Å². The Labute approximate surface area is 159 Å². The highest BCUT2D eigenvalue weighted by atomic mass is 35.5. The number of thiazole rings is 1. The van der Waals surface area contributed by atoms with Crippen LogP contribution in [0.4, 0.5) is 0 Å². The average molecular weight is 392 g/mol. The Morgan fingerprint density at radius 2 is 2.23 bits per heavy atom. The minimum absolute atomic E-state index is 0.199. The van der Waals surface area contributed by atoms with Crippen LogP contribution in [0.5, 0.6) is 0 Å². The zero-order chi connectivity index (χ0) is 18.3. The normalized spacial score (nSPS) is 21.9. The summed E-state index contributed by atoms with van der Waals surface area (Å²) in [6.07, 6.45) is 4.81. The van der Waals surface area contributed by atoms with E-state index < -0.39 is 5.91 Å². The Kier molecular flexibility index (Phi) is 4.46. The van der Waals surface area contributed by atoms with Crippen LogP contribution in [0.1, 0.15) is 39.2 Å². The zero-order valence-electron chi connectivity index (χ0n) is 14.0. The lowest BCUT2D eigenvalue weighted by molar-refractivity contribution is -0.137. The molecule has 2 heterocycles. The molecular formula is C18H18ClN3O3S. The number of amides is 2. The van der Waals surface area contributed by atoms with Crippen molar-refractivity contribution in [2.75, 3.05) is 6.54 Å². The third-order valence-electron chi connectivity index (χ3n) is 5.44. The molecule has 1 fully saturated rings. The van der Waals surface area contributed by atoms with Crippen molar-refractivity contribution in [1.29, 1.82) is 0 Å². The molecule has 0 radical (unpaired) electrons. The van der Waals surface area contributed by atoms with Crippen molar-refractivity contribution in [3.8, 4) is 0 Å². The van der Waals surface area contributed by atoms with Crippen LogP contribution in [0, 0.1) is 5.41 Å². The van der Waals surface area contributed by atoms with E-state index in [0.717, 1.165) is 41.8 Å². The van der Waals surface area contributed by atoms with E-state index in [1.807, 2.05) is 17.0 Å². The number of nitrogens with one attached hydrogen (secondary N) is 1. The molecule has 0 bridgehead atoms. The highest BCUT2D eigenvalue weighted by molar-refractivity contribution is 7.15. The zero-order valence-corrected chi connectivity index (χ0v) is 15.6. The number of benzene rings is 1. The van der Waals surface area contributed by atoms with Crippen molar-refractivity contribution >= 4 is 34.8 Å². The van der Waals surface area contributed by atoms with Gasteiger partial charge in [0.2, 0.25) is 5.91 Å². The summed E-state index contributed by atoms with van der Waals surface area (Å²) >= 11 is 7.29. The second-order valence-electron chi connectivity index (χ2n) is 6.94. The summed E-state index contributed by atoms with van der Waals surface area (Å²) in [6, 6.07) is 5.41. The highest BCUT2D eigenvalue weighted by Gasteiger charge is 2.48. The fourth-order valence-electron chi connectivity index (χ4n) is 4.05. The van der Waals surface area contributed by atoms with Crippen LogP contribution in [-0.4, -0.2) is 33.5 Å². The van der Waals surface area contributed by atoms with Gasteiger partial charge in [0.15, 0.2) is 4.47 Å². The number of likely N-dealkylation sites (tertiary alicyclic amines) is 1. The maximum atomic E-state index is 13.1. The van der Waals surface area contributed by atoms with Crippen LogP contribution in [0.15, 0.2) is 24.4 Å². The van der Waals surface area contributed by atoms with Crippen LogP contribution in [0.25, 0.3) is 0 Å². The molecule has 6 nitrogen and oxygen atoms in total. The van der Waals surface area contributed by atoms with E-state index in [1.54, 1.807) is 17.7 Å². The summed E-state index contributed by atoms with van der Waals surface area (Å²) < 4.78 is 0.496. The molecule has 8 heteroatoms. The molecule has 0 saturated carbocycles. The monoisotopic (exact) mass is 391 g/mol. The Morgan fingerprint density at radius 3 is 2.96 bits per heavy atom. The summed E-state index contributed by atoms with van der Waals surface area (Å²) in [5.74, 6) is -0.315. The lowest BCUT2D eigenvalue weighted by Gasteiger charge is -2.33. The van der Waals surface area contributed by atoms with Gasteiger partial charge in [-0.15, -0.1) is 11.3 Å². The van der Waals surface area contributed by atoms with Crippen molar-refractivity contribution < 1.29 is 14.8 Å². The third kappa shape index (κ3) is 3.00. The molecule has 0 unspecified atom stereocenters. The standard InChI is InChI=1S/C18H18ClN3O3S/c19-17-20-9-14(26-17)10-22-6-5-18(16(22)24)4-3-11-7-12(15(23)21-25)1-2-13(11)8-18/h1-2,7,9,25H,3-6,8,10H2,(H,21,23)/t18-/m0/s1. The predicted octanol–water partition coefficient (Wildman–Crippen LogP) is 2.82. The first-order chi connectivity index (χ1) is 12.5. The van der Waals surface area contributed by atoms with Crippen molar-refractivity contribution in [1.82, 2.24) is 15.4 Å². The summed E-state index contributed by atoms with van der Waals surface area (Å²) in [6.45, 7) is 1.31. The largest absolute Gasteiger partial charge is 0.337 e. The van der Waals surface area contributed by atoms with E-state index in [1.165, 1.54) is 11.3 Å². The van der Waals surface area contributed by atoms with E-state index in [-0.39, 0.29) is 11.3 Å². The maximum absolute atomic E-state index is 13.1. The van der Waals surface area contributed by atoms with Gasteiger partial charge in [0.25, 0.3) is 5.91 Å². The lowest BCUT2D eigenvalue weighted by Crippen LogP contribution is -2.38. The first-order valence-corrected chi connectivity index (χ1v) is 9.66. The van der Waals surface area contributed by atoms with E-state index >= 15 is 0 Å². The van der Waals surface area contributed by atoms with Crippen LogP contribution < -0.4 is 5.48 Å². The van der Waals surface area contributed by atoms with Gasteiger partial charge >= 0.3 is 0 Å². The van der Waals surface area contributed by atoms with Gasteiger partial charge in [-0.1, -0.05) is 17.7 Å². The Morgan fingerprint density at radius 1 is 1.38 bits per heavy atom. The van der Waals surface area contributed by atoms with Gasteiger partial charge in [-0.2, -0.15) is 0 Å². The van der Waals surface area contributed by atoms with Gasteiger partial charge in [0.1, 0.15) is 0 Å². The van der Waals surface area contributed by atoms with Gasteiger partial charge in [-0.25, -0.2) is 10.5 Å². The molecule has 1 aliphatic carbocycles. The molecule has 4 rings (SSSR count). The smallest absolute Gasteiger partial charge is 0.274 e. The second kappa shape index (κ2) is 6.64. The fourth-order valence-corrected chi connectivity index (χ4v) is 5.04. The third-order valence-corrected chi connectivity index (χ3v) is 6.54. The number of hydrogen-bond donors (Lipinski definition) is 2. The molecule has 2 aromatic rings. The number of aromatic nitrogens is 1. The molecule has 2 amide bonds. The van der Waals surface area contributed by atoms with Crippen LogP contribution in [0.3, 0.4) is 0 Å². The van der Waals surface area contributed by atoms with E-state index in [9.17, 15) is 9.59 Å². The molecule has 2 N–H and O–H groups in total. The fraction of sp³-hybridized carbons (Fsp3) is 0.389. The molecule has 26 heavy (non-hydrogen) atoms. The SMILES string of the molecule is O=C(NO)c1ccc2c(c1)CC[C@]1(CCN(Cc3cnc(Cl)s3)C1=O)C2. The number of halogens is 1. The van der Waals surface area contributed by atoms with E-state index in [0.29, 0.717) is 23.0 Å². The Balaban J connectivity index is 1.52. The topological polar surface area (TPSA) is 82.5 Å². The number of aryl methyl sites for hydroxylation is 1. The number of rotatable bonds is 3. The quantitative estimate of drug-likeness (QED) is 0.622. The number of carbonyl (C=O) groups is 2. The Hall–Kier alpha value is -1.96. The van der Waals surface area contributed by atoms with Crippen molar-refractivity contribution in [2.45, 2.75) is 32.2 Å². The number of carbonyl (C=O) groups excluding carboxylic acids is 2. The van der Waals surface area contributed by atoms with Gasteiger partial charge in [0, 0.05) is 23.2 Å². The molecule has 1 saturated heterocycles. The minimum Gasteiger partial charge on any atom is -0.337 e. The number of fused-ring (bicyclic) bond motifs is 1. The summed E-state index contributed by atoms with van der Waals surface area (Å²) in [7, 11) is 0. The molecular weight excluding hydrogens is 374 g/mol. The molecule has 2 aliphatic rings. The van der Waals surface area contributed by atoms with Crippen LogP contribution in [0.2, 0.25) is 4.47 Å². The first-order valence-electron chi connectivity index (χ1n) is 8.46. The van der Waals surface area contributed by atoms with Crippen LogP contribution >= 0.6 is 22.9 Å². The second-order valence-corrected chi connectivity index (χ2v) is 8.64. The summed E-state index contributed by atoms with van der Waals surface area (Å²) in [5, 5.41) is 8.78. The summed E-state index contributed by atoms with van der Waals surface area (Å²) in [4.78, 5) is 31.6. The van der Waals surface area contributed by atoms with Crippen molar-refractivity contribution in [2.24, 2.45) is 5.41 Å². The van der Waals surface area contributed by atoms with Gasteiger partial charge in [-0.05, 0) is 48.9 Å². The summed E-state index contributed by atoms with van der Waals surface area (Å²) in [5.41, 5.74) is 3.94. The molecule has 1 spiro atoms. The minimum atomic E-state index is -0.514. The van der Waals surface area contributed by atoms with Crippen LogP contribution in [-0.2, 0) is 24.2 Å². The molecule has 136 valence electrons. The number of hydroxylamine groups is 1. The van der Waals surface area contributed by atoms with E-state index in [2.05, 4.69) is 4.98 Å². The Bertz CT molecular complexity index is 884. The molecule has 1 aromatic carbocycles. The van der Waals surface area contributed by atoms with E-state index in [4.69, 9.17) is 16.8 Å². The predicted molar refractivity (Wildman–Crippen MR) is 97.3 cm³/mol. The van der Waals surface area contributed by atoms with Gasteiger partial charge < -0.3 is 4.90 Å². The van der Waals surface area contributed by atoms with Gasteiger partial charge in [-0.3, -0.25) is 14.8 Å². The van der Waals surface area contributed by atoms with Crippen molar-refractivity contribution in [3.05, 3.63) is 50.4 Å². The number of hydrogen-bond acceptors (Lipinski definition) is 5. The maximum Gasteiger partial charge on any atom is 0.274 e. The highest BCUT2D eigenvalue weighted by Crippen LogP contribution is 2.44. The lowest BCUT2D eigenvalue weighted by atomic mass is 9.70. The molecule has 1 atom stereocenters. The van der Waals surface area contributed by atoms with Gasteiger partial charge in [0.05, 0.1) is 12.0 Å². The number of nitrogens with zero attached hydrogens (tertiary/aromatic N) is 2. The molecule has 1 aromatic heterocycles. The molecule has 1 aliphatic heterocycles.